The van der Waals surface area contributed by atoms with Crippen molar-refractivity contribution in [1.29, 1.82) is 0 Å². The number of ketones is 1. The molecule has 0 saturated carbocycles. The maximum Gasteiger partial charge on any atom is 0.332 e. The predicted octanol–water partition coefficient (Wildman–Crippen LogP) is 2.19. The molecule has 9 heteroatoms. The Morgan fingerprint density at radius 2 is 1.56 bits per heavy atom. The van der Waals surface area contributed by atoms with Gasteiger partial charge in [-0.15, -0.1) is 0 Å². The van der Waals surface area contributed by atoms with E-state index in [0.29, 0.717) is 25.9 Å². The Morgan fingerprint density at radius 1 is 0.944 bits per heavy atom. The van der Waals surface area contributed by atoms with Gasteiger partial charge < -0.3 is 11.1 Å². The Bertz CT molecular complexity index is 1340. The van der Waals surface area contributed by atoms with E-state index in [9.17, 15) is 19.2 Å². The van der Waals surface area contributed by atoms with E-state index >= 15 is 0 Å². The minimum Gasteiger partial charge on any atom is -0.384 e. The van der Waals surface area contributed by atoms with E-state index in [-0.39, 0.29) is 42.8 Å². The number of Topliss-reactive ketones (excluding diaryl/α,β-unsaturated/α-hetero) is 1. The lowest BCUT2D eigenvalue weighted by Crippen LogP contribution is -2.46. The third kappa shape index (κ3) is 5.46. The van der Waals surface area contributed by atoms with Crippen LogP contribution in [0.1, 0.15) is 35.7 Å². The quantitative estimate of drug-likeness (QED) is 0.468. The van der Waals surface area contributed by atoms with Gasteiger partial charge in [0.2, 0.25) is 5.91 Å². The molecule has 1 fully saturated rings. The number of rotatable bonds is 8. The summed E-state index contributed by atoms with van der Waals surface area (Å²) < 4.78 is 2.33. The molecule has 2 aromatic carbocycles. The molecule has 1 aromatic heterocycles. The van der Waals surface area contributed by atoms with E-state index in [4.69, 9.17) is 5.73 Å². The first-order valence-electron chi connectivity index (χ1n) is 12.2. The number of hydrogen-bond acceptors (Lipinski definition) is 6. The van der Waals surface area contributed by atoms with Crippen molar-refractivity contribution in [3.8, 4) is 0 Å². The van der Waals surface area contributed by atoms with Crippen LogP contribution in [0.2, 0.25) is 0 Å². The summed E-state index contributed by atoms with van der Waals surface area (Å²) in [7, 11) is 0. The average molecular weight is 490 g/mol. The summed E-state index contributed by atoms with van der Waals surface area (Å²) >= 11 is 0. The lowest BCUT2D eigenvalue weighted by molar-refractivity contribution is -0.121. The number of nitrogens with zero attached hydrogens (tertiary/aromatic N) is 3. The number of nitrogens with two attached hydrogens (primary N) is 1. The number of aromatic nitrogens is 2. The fourth-order valence-corrected chi connectivity index (χ4v) is 4.58. The number of benzene rings is 2. The van der Waals surface area contributed by atoms with Crippen LogP contribution < -0.4 is 22.3 Å². The van der Waals surface area contributed by atoms with Gasteiger partial charge in [-0.25, -0.2) is 4.79 Å². The van der Waals surface area contributed by atoms with Crippen LogP contribution in [0.15, 0.2) is 70.3 Å². The van der Waals surface area contributed by atoms with Crippen LogP contribution in [0.25, 0.3) is 0 Å². The molecular weight excluding hydrogens is 458 g/mol. The summed E-state index contributed by atoms with van der Waals surface area (Å²) in [4.78, 5) is 53.8. The molecule has 0 spiro atoms. The fraction of sp³-hybridized carbons (Fsp3) is 0.333. The lowest BCUT2D eigenvalue weighted by atomic mass is 9.95. The van der Waals surface area contributed by atoms with Crippen molar-refractivity contribution >= 4 is 23.2 Å². The third-order valence-electron chi connectivity index (χ3n) is 6.61. The summed E-state index contributed by atoms with van der Waals surface area (Å²) in [5, 5.41) is 2.93. The zero-order valence-electron chi connectivity index (χ0n) is 20.4. The first-order valence-corrected chi connectivity index (χ1v) is 12.2. The SMILES string of the molecule is CCn1c(=O)c(C(=O)CN2CCC(C(=O)Nc3ccccc3)CC2)c(N)n(Cc2ccccc2)c1=O. The molecule has 0 unspecified atom stereocenters. The second-order valence-electron chi connectivity index (χ2n) is 8.99. The first-order chi connectivity index (χ1) is 17.4. The molecule has 1 amide bonds. The number of likely N-dealkylation sites (tertiary alicyclic amines) is 1. The van der Waals surface area contributed by atoms with Crippen molar-refractivity contribution in [3.05, 3.63) is 92.6 Å². The van der Waals surface area contributed by atoms with Crippen molar-refractivity contribution in [3.63, 3.8) is 0 Å². The molecular formula is C27H31N5O4. The normalized spacial score (nSPS) is 14.5. The maximum atomic E-state index is 13.3. The van der Waals surface area contributed by atoms with Crippen molar-refractivity contribution in [2.75, 3.05) is 30.7 Å². The molecule has 1 saturated heterocycles. The maximum absolute atomic E-state index is 13.3. The van der Waals surface area contributed by atoms with E-state index in [0.717, 1.165) is 15.8 Å². The summed E-state index contributed by atoms with van der Waals surface area (Å²) in [6, 6.07) is 18.6. The molecule has 3 aromatic rings. The number of anilines is 2. The van der Waals surface area contributed by atoms with Crippen LogP contribution in [-0.4, -0.2) is 45.4 Å². The largest absolute Gasteiger partial charge is 0.384 e. The predicted molar refractivity (Wildman–Crippen MR) is 139 cm³/mol. The summed E-state index contributed by atoms with van der Waals surface area (Å²) in [6.45, 7) is 3.07. The smallest absolute Gasteiger partial charge is 0.332 e. The second kappa shape index (κ2) is 11.2. The van der Waals surface area contributed by atoms with Crippen LogP contribution in [0.3, 0.4) is 0 Å². The molecule has 9 nitrogen and oxygen atoms in total. The van der Waals surface area contributed by atoms with Gasteiger partial charge in [0, 0.05) is 18.2 Å². The van der Waals surface area contributed by atoms with Gasteiger partial charge in [0.05, 0.1) is 13.1 Å². The highest BCUT2D eigenvalue weighted by molar-refractivity contribution is 6.01. The Kier molecular flexibility index (Phi) is 7.80. The Balaban J connectivity index is 1.47. The van der Waals surface area contributed by atoms with Gasteiger partial charge in [-0.2, -0.15) is 0 Å². The Morgan fingerprint density at radius 3 is 2.17 bits per heavy atom. The zero-order chi connectivity index (χ0) is 25.7. The number of carbonyl (C=O) groups is 2. The molecule has 1 aliphatic rings. The molecule has 0 atom stereocenters. The average Bonchev–Trinajstić information content (AvgIpc) is 2.88. The summed E-state index contributed by atoms with van der Waals surface area (Å²) in [6.07, 6.45) is 1.21. The van der Waals surface area contributed by atoms with Crippen molar-refractivity contribution in [2.45, 2.75) is 32.9 Å². The van der Waals surface area contributed by atoms with Gasteiger partial charge in [-0.3, -0.25) is 28.4 Å². The number of nitrogen functional groups attached to an aromatic ring is 1. The van der Waals surface area contributed by atoms with Crippen LogP contribution in [0.5, 0.6) is 0 Å². The highest BCUT2D eigenvalue weighted by Gasteiger charge is 2.28. The van der Waals surface area contributed by atoms with Gasteiger partial charge in [0.15, 0.2) is 5.78 Å². The molecule has 4 rings (SSSR count). The number of nitrogens with one attached hydrogen (secondary N) is 1. The van der Waals surface area contributed by atoms with Gasteiger partial charge in [0.1, 0.15) is 11.4 Å². The summed E-state index contributed by atoms with van der Waals surface area (Å²) in [5.74, 6) is -0.712. The van der Waals surface area contributed by atoms with Gasteiger partial charge in [-0.1, -0.05) is 48.5 Å². The molecule has 1 aliphatic heterocycles. The van der Waals surface area contributed by atoms with Crippen molar-refractivity contribution in [1.82, 2.24) is 14.0 Å². The Labute approximate surface area is 209 Å². The molecule has 0 aliphatic carbocycles. The van der Waals surface area contributed by atoms with E-state index in [2.05, 4.69) is 5.32 Å². The van der Waals surface area contributed by atoms with Crippen LogP contribution in [-0.2, 0) is 17.9 Å². The number of carbonyl (C=O) groups excluding carboxylic acids is 2. The number of amides is 1. The van der Waals surface area contributed by atoms with Gasteiger partial charge in [0.25, 0.3) is 5.56 Å². The highest BCUT2D eigenvalue weighted by atomic mass is 16.2. The Hall–Kier alpha value is -3.98. The minimum atomic E-state index is -0.661. The number of piperidine rings is 1. The highest BCUT2D eigenvalue weighted by Crippen LogP contribution is 2.20. The van der Waals surface area contributed by atoms with E-state index in [1.165, 1.54) is 4.57 Å². The van der Waals surface area contributed by atoms with Crippen LogP contribution >= 0.6 is 0 Å². The zero-order valence-corrected chi connectivity index (χ0v) is 20.4. The fourth-order valence-electron chi connectivity index (χ4n) is 4.58. The number of para-hydroxylation sites is 1. The monoisotopic (exact) mass is 489 g/mol. The lowest BCUT2D eigenvalue weighted by Gasteiger charge is -2.30. The van der Waals surface area contributed by atoms with E-state index in [1.807, 2.05) is 65.6 Å². The van der Waals surface area contributed by atoms with Gasteiger partial charge in [-0.05, 0) is 50.6 Å². The third-order valence-corrected chi connectivity index (χ3v) is 6.61. The standard InChI is InChI=1S/C27H31N5O4/c1-2-31-26(35)23(24(28)32(27(31)36)17-19-9-5-3-6-10-19)22(33)18-30-15-13-20(14-16-30)25(34)29-21-11-7-4-8-12-21/h3-12,20H,2,13-18,28H2,1H3,(H,29,34). The van der Waals surface area contributed by atoms with Crippen molar-refractivity contribution < 1.29 is 9.59 Å². The molecule has 36 heavy (non-hydrogen) atoms. The summed E-state index contributed by atoms with van der Waals surface area (Å²) in [5.41, 5.74) is 6.49. The van der Waals surface area contributed by atoms with Gasteiger partial charge >= 0.3 is 5.69 Å². The molecule has 2 heterocycles. The van der Waals surface area contributed by atoms with Crippen LogP contribution in [0.4, 0.5) is 11.5 Å². The van der Waals surface area contributed by atoms with Crippen molar-refractivity contribution in [2.24, 2.45) is 5.92 Å². The molecule has 0 bridgehead atoms. The first kappa shape index (κ1) is 25.1. The second-order valence-corrected chi connectivity index (χ2v) is 8.99. The molecule has 188 valence electrons. The van der Waals surface area contributed by atoms with E-state index in [1.54, 1.807) is 6.92 Å². The molecule has 0 radical (unpaired) electrons. The topological polar surface area (TPSA) is 119 Å². The van der Waals surface area contributed by atoms with E-state index < -0.39 is 17.0 Å². The minimum absolute atomic E-state index is 0.000278. The molecule has 3 N–H and O–H groups in total. The number of hydrogen-bond donors (Lipinski definition) is 2. The van der Waals surface area contributed by atoms with Crippen LogP contribution in [0, 0.1) is 5.92 Å².